The van der Waals surface area contributed by atoms with Gasteiger partial charge in [0, 0.05) is 30.0 Å². The van der Waals surface area contributed by atoms with Gasteiger partial charge < -0.3 is 10.6 Å². The van der Waals surface area contributed by atoms with E-state index in [-0.39, 0.29) is 5.91 Å². The van der Waals surface area contributed by atoms with E-state index < -0.39 is 0 Å². The number of thioether (sulfide) groups is 1. The van der Waals surface area contributed by atoms with E-state index in [4.69, 9.17) is 5.73 Å². The number of rotatable bonds is 2. The smallest absolute Gasteiger partial charge is 0.253 e. The van der Waals surface area contributed by atoms with Crippen LogP contribution in [-0.4, -0.2) is 41.9 Å². The Labute approximate surface area is 118 Å². The molecule has 2 rings (SSSR count). The largest absolute Gasteiger partial charge is 0.338 e. The molecule has 0 saturated carbocycles. The molecule has 2 N–H and O–H groups in total. The molecule has 1 aliphatic rings. The van der Waals surface area contributed by atoms with E-state index in [1.807, 2.05) is 48.0 Å². The summed E-state index contributed by atoms with van der Waals surface area (Å²) in [6.45, 7) is 0.350. The van der Waals surface area contributed by atoms with Gasteiger partial charge in [-0.25, -0.2) is 0 Å². The van der Waals surface area contributed by atoms with Crippen molar-refractivity contribution < 1.29 is 4.79 Å². The van der Waals surface area contributed by atoms with E-state index in [0.717, 1.165) is 29.1 Å². The third-order valence-electron chi connectivity index (χ3n) is 3.24. The van der Waals surface area contributed by atoms with Gasteiger partial charge in [0.1, 0.15) is 0 Å². The van der Waals surface area contributed by atoms with Gasteiger partial charge in [-0.05, 0) is 36.4 Å². The van der Waals surface area contributed by atoms with Crippen molar-refractivity contribution >= 4 is 17.7 Å². The monoisotopic (exact) mass is 274 g/mol. The fourth-order valence-electron chi connectivity index (χ4n) is 2.05. The first-order chi connectivity index (χ1) is 9.22. The van der Waals surface area contributed by atoms with Crippen LogP contribution in [0, 0.1) is 11.8 Å². The molecule has 1 atom stereocenters. The van der Waals surface area contributed by atoms with Crippen molar-refractivity contribution in [3.05, 3.63) is 35.4 Å². The summed E-state index contributed by atoms with van der Waals surface area (Å²) in [6, 6.07) is 7.78. The fourth-order valence-corrected chi connectivity index (χ4v) is 3.31. The first-order valence-electron chi connectivity index (χ1n) is 6.36. The Morgan fingerprint density at radius 2 is 2.21 bits per heavy atom. The maximum absolute atomic E-state index is 12.3. The zero-order valence-corrected chi connectivity index (χ0v) is 11.9. The lowest BCUT2D eigenvalue weighted by molar-refractivity contribution is 0.0748. The predicted octanol–water partition coefficient (Wildman–Crippen LogP) is 1.57. The lowest BCUT2D eigenvalue weighted by Gasteiger charge is -2.23. The van der Waals surface area contributed by atoms with Crippen molar-refractivity contribution in [2.75, 3.05) is 25.1 Å². The Hall–Kier alpha value is -1.44. The van der Waals surface area contributed by atoms with Crippen LogP contribution in [0.3, 0.4) is 0 Å². The topological polar surface area (TPSA) is 46.3 Å². The Morgan fingerprint density at radius 1 is 1.47 bits per heavy atom. The van der Waals surface area contributed by atoms with Crippen molar-refractivity contribution in [1.82, 2.24) is 4.90 Å². The Kier molecular flexibility index (Phi) is 4.89. The maximum Gasteiger partial charge on any atom is 0.253 e. The van der Waals surface area contributed by atoms with Gasteiger partial charge in [-0.1, -0.05) is 11.8 Å². The summed E-state index contributed by atoms with van der Waals surface area (Å²) in [5, 5.41) is 0. The number of nitrogens with zero attached hydrogens (tertiary/aromatic N) is 1. The molecule has 100 valence electrons. The predicted molar refractivity (Wildman–Crippen MR) is 80.2 cm³/mol. The van der Waals surface area contributed by atoms with Gasteiger partial charge in [0.25, 0.3) is 5.91 Å². The van der Waals surface area contributed by atoms with Crippen LogP contribution < -0.4 is 5.73 Å². The average Bonchev–Trinajstić information content (AvgIpc) is 2.98. The van der Waals surface area contributed by atoms with Crippen LogP contribution in [0.2, 0.25) is 0 Å². The number of benzene rings is 1. The Morgan fingerprint density at radius 3 is 2.79 bits per heavy atom. The molecule has 0 aromatic heterocycles. The molecule has 4 heteroatoms. The third-order valence-corrected chi connectivity index (χ3v) is 4.39. The number of nitrogens with two attached hydrogens (primary N) is 1. The molecule has 0 spiro atoms. The summed E-state index contributed by atoms with van der Waals surface area (Å²) in [4.78, 5) is 14.2. The second-order valence-electron chi connectivity index (χ2n) is 4.52. The molecular formula is C15H18N2OS. The van der Waals surface area contributed by atoms with Gasteiger partial charge in [0.05, 0.1) is 6.54 Å². The number of hydrogen-bond acceptors (Lipinski definition) is 3. The highest BCUT2D eigenvalue weighted by molar-refractivity contribution is 7.99. The van der Waals surface area contributed by atoms with Crippen molar-refractivity contribution in [3.63, 3.8) is 0 Å². The van der Waals surface area contributed by atoms with Gasteiger partial charge in [-0.15, -0.1) is 0 Å². The standard InChI is InChI=1S/C15H18N2OS/c1-17(14-8-10-19-11-14)15(18)13-6-4-12(5-7-13)3-2-9-16/h4-7,14H,8-11,16H2,1H3. The molecule has 1 fully saturated rings. The molecule has 19 heavy (non-hydrogen) atoms. The van der Waals surface area contributed by atoms with E-state index in [2.05, 4.69) is 11.8 Å². The van der Waals surface area contributed by atoms with Gasteiger partial charge in [0.2, 0.25) is 0 Å². The molecule has 1 saturated heterocycles. The van der Waals surface area contributed by atoms with Crippen LogP contribution in [0.1, 0.15) is 22.3 Å². The fraction of sp³-hybridized carbons (Fsp3) is 0.400. The summed E-state index contributed by atoms with van der Waals surface area (Å²) in [5.41, 5.74) is 6.94. The van der Waals surface area contributed by atoms with E-state index in [0.29, 0.717) is 12.6 Å². The summed E-state index contributed by atoms with van der Waals surface area (Å²) in [5.74, 6) is 8.03. The van der Waals surface area contributed by atoms with Crippen molar-refractivity contribution in [3.8, 4) is 11.8 Å². The first kappa shape index (κ1) is 14.0. The Bertz CT molecular complexity index is 495. The molecule has 0 aliphatic carbocycles. The summed E-state index contributed by atoms with van der Waals surface area (Å²) in [6.07, 6.45) is 1.09. The Balaban J connectivity index is 2.06. The van der Waals surface area contributed by atoms with Gasteiger partial charge in [0.15, 0.2) is 0 Å². The summed E-state index contributed by atoms with van der Waals surface area (Å²) < 4.78 is 0. The molecule has 3 nitrogen and oxygen atoms in total. The van der Waals surface area contributed by atoms with Crippen molar-refractivity contribution in [2.45, 2.75) is 12.5 Å². The van der Waals surface area contributed by atoms with E-state index in [1.165, 1.54) is 0 Å². The molecular weight excluding hydrogens is 256 g/mol. The minimum atomic E-state index is 0.0887. The summed E-state index contributed by atoms with van der Waals surface area (Å²) in [7, 11) is 1.89. The molecule has 1 amide bonds. The first-order valence-corrected chi connectivity index (χ1v) is 7.51. The molecule has 1 aliphatic heterocycles. The normalized spacial score (nSPS) is 17.7. The molecule has 0 radical (unpaired) electrons. The molecule has 1 heterocycles. The number of amides is 1. The number of carbonyl (C=O) groups excluding carboxylic acids is 1. The number of carbonyl (C=O) groups is 1. The van der Waals surface area contributed by atoms with Gasteiger partial charge in [-0.2, -0.15) is 11.8 Å². The van der Waals surface area contributed by atoms with Gasteiger partial charge in [-0.3, -0.25) is 4.79 Å². The quantitative estimate of drug-likeness (QED) is 0.833. The highest BCUT2D eigenvalue weighted by Crippen LogP contribution is 2.22. The van der Waals surface area contributed by atoms with Crippen LogP contribution in [0.15, 0.2) is 24.3 Å². The zero-order valence-electron chi connectivity index (χ0n) is 11.1. The second-order valence-corrected chi connectivity index (χ2v) is 5.67. The van der Waals surface area contributed by atoms with Crippen LogP contribution in [0.4, 0.5) is 0 Å². The average molecular weight is 274 g/mol. The number of hydrogen-bond donors (Lipinski definition) is 1. The van der Waals surface area contributed by atoms with E-state index >= 15 is 0 Å². The molecule has 1 aromatic rings. The highest BCUT2D eigenvalue weighted by atomic mass is 32.2. The molecule has 1 aromatic carbocycles. The molecule has 1 unspecified atom stereocenters. The zero-order chi connectivity index (χ0) is 13.7. The van der Waals surface area contributed by atoms with Gasteiger partial charge >= 0.3 is 0 Å². The third kappa shape index (κ3) is 3.52. The van der Waals surface area contributed by atoms with Crippen LogP contribution >= 0.6 is 11.8 Å². The van der Waals surface area contributed by atoms with Crippen molar-refractivity contribution in [2.24, 2.45) is 5.73 Å². The van der Waals surface area contributed by atoms with Crippen LogP contribution in [0.5, 0.6) is 0 Å². The second kappa shape index (κ2) is 6.65. The highest BCUT2D eigenvalue weighted by Gasteiger charge is 2.24. The molecule has 0 bridgehead atoms. The van der Waals surface area contributed by atoms with E-state index in [1.54, 1.807) is 0 Å². The SMILES string of the molecule is CN(C(=O)c1ccc(C#CCN)cc1)C1CCSC1. The minimum absolute atomic E-state index is 0.0887. The van der Waals surface area contributed by atoms with Crippen molar-refractivity contribution in [1.29, 1.82) is 0 Å². The summed E-state index contributed by atoms with van der Waals surface area (Å²) >= 11 is 1.91. The van der Waals surface area contributed by atoms with E-state index in [9.17, 15) is 4.79 Å². The minimum Gasteiger partial charge on any atom is -0.338 e. The lowest BCUT2D eigenvalue weighted by Crippen LogP contribution is -2.36. The van der Waals surface area contributed by atoms with Crippen LogP contribution in [0.25, 0.3) is 0 Å². The maximum atomic E-state index is 12.3. The lowest BCUT2D eigenvalue weighted by atomic mass is 10.1. The van der Waals surface area contributed by atoms with Crippen LogP contribution in [-0.2, 0) is 0 Å².